The fourth-order valence-corrected chi connectivity index (χ4v) is 2.16. The molecule has 2 heterocycles. The summed E-state index contributed by atoms with van der Waals surface area (Å²) in [4.78, 5) is 22.4. The third-order valence-electron chi connectivity index (χ3n) is 3.29. The first-order chi connectivity index (χ1) is 9.92. The van der Waals surface area contributed by atoms with Gasteiger partial charge < -0.3 is 20.1 Å². The summed E-state index contributed by atoms with van der Waals surface area (Å²) >= 11 is 0. The second kappa shape index (κ2) is 6.02. The van der Waals surface area contributed by atoms with Crippen LogP contribution in [0, 0.1) is 0 Å². The van der Waals surface area contributed by atoms with E-state index in [1.807, 2.05) is 0 Å². The first kappa shape index (κ1) is 15.8. The predicted octanol–water partition coefficient (Wildman–Crippen LogP) is -2.13. The van der Waals surface area contributed by atoms with Crippen molar-refractivity contribution in [3.8, 4) is 0 Å². The van der Waals surface area contributed by atoms with E-state index in [-0.39, 0.29) is 5.56 Å². The van der Waals surface area contributed by atoms with Crippen molar-refractivity contribution in [1.29, 1.82) is 0 Å². The second-order valence-electron chi connectivity index (χ2n) is 4.60. The third kappa shape index (κ3) is 2.62. The highest BCUT2D eigenvalue weighted by molar-refractivity contribution is 5.07. The van der Waals surface area contributed by atoms with Gasteiger partial charge in [-0.3, -0.25) is 13.8 Å². The molecule has 1 aromatic rings. The molecule has 118 valence electrons. The van der Waals surface area contributed by atoms with Gasteiger partial charge in [0.05, 0.1) is 13.3 Å². The highest BCUT2D eigenvalue weighted by atomic mass is 19.2. The normalized spacial score (nSPS) is 29.0. The monoisotopic (exact) mass is 308 g/mol. The van der Waals surface area contributed by atoms with Crippen molar-refractivity contribution in [1.82, 2.24) is 9.36 Å². The summed E-state index contributed by atoms with van der Waals surface area (Å²) in [6, 6.07) is 0. The van der Waals surface area contributed by atoms with Crippen molar-refractivity contribution in [3.05, 3.63) is 32.6 Å². The van der Waals surface area contributed by atoms with E-state index in [0.717, 1.165) is 6.20 Å². The summed E-state index contributed by atoms with van der Waals surface area (Å²) in [5, 5.41) is 28.4. The zero-order valence-electron chi connectivity index (χ0n) is 10.7. The largest absolute Gasteiger partial charge is 0.394 e. The average Bonchev–Trinajstić information content (AvgIpc) is 2.76. The number of halogens is 2. The second-order valence-corrected chi connectivity index (χ2v) is 4.60. The molecule has 0 aromatic carbocycles. The Morgan fingerprint density at radius 2 is 1.95 bits per heavy atom. The minimum absolute atomic E-state index is 0.322. The topological polar surface area (TPSA) is 114 Å². The number of ether oxygens (including phenoxy) is 1. The molecule has 1 aliphatic rings. The van der Waals surface area contributed by atoms with Crippen molar-refractivity contribution in [3.63, 3.8) is 0 Å². The van der Waals surface area contributed by atoms with Crippen LogP contribution in [-0.2, 0) is 11.2 Å². The molecule has 0 amide bonds. The van der Waals surface area contributed by atoms with E-state index in [2.05, 4.69) is 0 Å². The van der Waals surface area contributed by atoms with Gasteiger partial charge in [0, 0.05) is 18.2 Å². The van der Waals surface area contributed by atoms with Gasteiger partial charge in [-0.05, 0) is 0 Å². The Bertz CT molecular complexity index is 630. The number of rotatable bonds is 4. The van der Waals surface area contributed by atoms with Crippen LogP contribution < -0.4 is 11.2 Å². The van der Waals surface area contributed by atoms with Gasteiger partial charge in [0.15, 0.2) is 6.23 Å². The molecule has 0 aliphatic carbocycles. The van der Waals surface area contributed by atoms with Crippen molar-refractivity contribution in [2.45, 2.75) is 31.0 Å². The maximum atomic E-state index is 13.5. The number of aliphatic hydroxyl groups is 3. The summed E-state index contributed by atoms with van der Waals surface area (Å²) in [5.74, 6) is 0. The maximum Gasteiger partial charge on any atom is 0.362 e. The summed E-state index contributed by atoms with van der Waals surface area (Å²) < 4.78 is 31.5. The van der Waals surface area contributed by atoms with Crippen molar-refractivity contribution < 1.29 is 28.9 Å². The van der Waals surface area contributed by atoms with Gasteiger partial charge in [0.25, 0.3) is 5.56 Å². The first-order valence-corrected chi connectivity index (χ1v) is 6.14. The Kier molecular flexibility index (Phi) is 4.52. The molecule has 4 atom stereocenters. The smallest absolute Gasteiger partial charge is 0.362 e. The number of aromatic nitrogens is 2. The molecule has 10 heteroatoms. The SMILES string of the molecule is O=c1c(CCF)cn(C2O[C@H](CO)[C@@H](O)[C@@H]2O)c(=O)n1F. The summed E-state index contributed by atoms with van der Waals surface area (Å²) in [7, 11) is 0. The molecular weight excluding hydrogens is 294 g/mol. The van der Waals surface area contributed by atoms with Crippen LogP contribution in [0.4, 0.5) is 8.87 Å². The van der Waals surface area contributed by atoms with Crippen LogP contribution in [0.5, 0.6) is 0 Å². The van der Waals surface area contributed by atoms with Gasteiger partial charge in [-0.15, -0.1) is 0 Å². The minimum Gasteiger partial charge on any atom is -0.394 e. The molecule has 0 saturated carbocycles. The standard InChI is InChI=1S/C11H14F2N2O6/c12-2-1-5-3-14(11(20)15(13)9(5)19)10-8(18)7(17)6(4-16)21-10/h3,6-8,10,16-18H,1-2,4H2/t6-,7-,8+,10?/m1/s1. The average molecular weight is 308 g/mol. The van der Waals surface area contributed by atoms with Crippen LogP contribution in [0.25, 0.3) is 0 Å². The minimum atomic E-state index is -1.62. The summed E-state index contributed by atoms with van der Waals surface area (Å²) in [6.07, 6.45) is -5.31. The molecule has 1 fully saturated rings. The molecule has 2 rings (SSSR count). The number of aryl methyl sites for hydroxylation is 1. The lowest BCUT2D eigenvalue weighted by molar-refractivity contribution is -0.0566. The molecule has 1 saturated heterocycles. The lowest BCUT2D eigenvalue weighted by atomic mass is 10.1. The van der Waals surface area contributed by atoms with Gasteiger partial charge in [-0.25, -0.2) is 4.79 Å². The van der Waals surface area contributed by atoms with Crippen LogP contribution in [0.15, 0.2) is 15.8 Å². The molecule has 0 radical (unpaired) electrons. The molecule has 21 heavy (non-hydrogen) atoms. The van der Waals surface area contributed by atoms with E-state index in [0.29, 0.717) is 4.57 Å². The van der Waals surface area contributed by atoms with Crippen LogP contribution >= 0.6 is 0 Å². The van der Waals surface area contributed by atoms with Crippen molar-refractivity contribution in [2.75, 3.05) is 13.3 Å². The Morgan fingerprint density at radius 1 is 1.29 bits per heavy atom. The van der Waals surface area contributed by atoms with E-state index >= 15 is 0 Å². The zero-order valence-corrected chi connectivity index (χ0v) is 10.7. The van der Waals surface area contributed by atoms with Gasteiger partial charge >= 0.3 is 5.69 Å². The lowest BCUT2D eigenvalue weighted by Gasteiger charge is -2.18. The Labute approximate surface area is 116 Å². The molecule has 0 bridgehead atoms. The number of alkyl halides is 1. The van der Waals surface area contributed by atoms with Crippen LogP contribution in [0.2, 0.25) is 0 Å². The fourth-order valence-electron chi connectivity index (χ4n) is 2.16. The van der Waals surface area contributed by atoms with Crippen molar-refractivity contribution in [2.24, 2.45) is 0 Å². The Morgan fingerprint density at radius 3 is 2.48 bits per heavy atom. The number of hydrogen-bond acceptors (Lipinski definition) is 6. The van der Waals surface area contributed by atoms with E-state index in [1.54, 1.807) is 0 Å². The molecule has 1 unspecified atom stereocenters. The number of nitrogens with zero attached hydrogens (tertiary/aromatic N) is 2. The van der Waals surface area contributed by atoms with Crippen LogP contribution in [0.1, 0.15) is 11.8 Å². The third-order valence-corrected chi connectivity index (χ3v) is 3.29. The molecule has 3 N–H and O–H groups in total. The quantitative estimate of drug-likeness (QED) is 0.585. The van der Waals surface area contributed by atoms with Crippen LogP contribution in [-0.4, -0.2) is 56.3 Å². The van der Waals surface area contributed by atoms with Gasteiger partial charge in [-0.1, -0.05) is 9.27 Å². The van der Waals surface area contributed by atoms with Gasteiger partial charge in [0.2, 0.25) is 0 Å². The summed E-state index contributed by atoms with van der Waals surface area (Å²) in [5.41, 5.74) is -3.05. The molecule has 1 aromatic heterocycles. The van der Waals surface area contributed by atoms with Gasteiger partial charge in [0.1, 0.15) is 18.3 Å². The Balaban J connectivity index is 2.49. The molecule has 0 spiro atoms. The number of hydrogen-bond donors (Lipinski definition) is 3. The van der Waals surface area contributed by atoms with E-state index in [1.165, 1.54) is 0 Å². The maximum absolute atomic E-state index is 13.5. The highest BCUT2D eigenvalue weighted by Gasteiger charge is 2.44. The predicted molar refractivity (Wildman–Crippen MR) is 64.2 cm³/mol. The fraction of sp³-hybridized carbons (Fsp3) is 0.636. The van der Waals surface area contributed by atoms with E-state index < -0.39 is 60.3 Å². The molecular formula is C11H14F2N2O6. The lowest BCUT2D eigenvalue weighted by Crippen LogP contribution is -2.42. The number of aliphatic hydroxyl groups excluding tert-OH is 3. The van der Waals surface area contributed by atoms with Gasteiger partial charge in [-0.2, -0.15) is 0 Å². The Hall–Kier alpha value is -1.62. The van der Waals surface area contributed by atoms with E-state index in [9.17, 15) is 28.7 Å². The highest BCUT2D eigenvalue weighted by Crippen LogP contribution is 2.28. The van der Waals surface area contributed by atoms with Crippen LogP contribution in [0.3, 0.4) is 0 Å². The summed E-state index contributed by atoms with van der Waals surface area (Å²) in [6.45, 7) is -1.57. The zero-order chi connectivity index (χ0) is 15.7. The van der Waals surface area contributed by atoms with E-state index in [4.69, 9.17) is 9.84 Å². The van der Waals surface area contributed by atoms with Crippen molar-refractivity contribution >= 4 is 0 Å². The molecule has 1 aliphatic heterocycles. The first-order valence-electron chi connectivity index (χ1n) is 6.14. The molecule has 8 nitrogen and oxygen atoms in total.